The number of aromatic amines is 1. The molecule has 0 saturated carbocycles. The zero-order chi connectivity index (χ0) is 8.27. The topological polar surface area (TPSA) is 67.0 Å². The molecule has 0 spiro atoms. The van der Waals surface area contributed by atoms with E-state index in [2.05, 4.69) is 4.98 Å². The highest BCUT2D eigenvalue weighted by molar-refractivity contribution is 7.71. The van der Waals surface area contributed by atoms with Gasteiger partial charge in [0.1, 0.15) is 0 Å². The zero-order valence-electron chi connectivity index (χ0n) is 5.44. The third-order valence-electron chi connectivity index (χ3n) is 1.01. The molecule has 0 fully saturated rings. The lowest BCUT2D eigenvalue weighted by molar-refractivity contribution is 0.627. The molecule has 0 saturated heterocycles. The van der Waals surface area contributed by atoms with Crippen molar-refractivity contribution in [3.05, 3.63) is 34.2 Å². The van der Waals surface area contributed by atoms with E-state index in [1.165, 1.54) is 18.2 Å². The summed E-state index contributed by atoms with van der Waals surface area (Å²) in [5.74, 6) is 0. The van der Waals surface area contributed by atoms with Crippen LogP contribution in [0.25, 0.3) is 0 Å². The highest BCUT2D eigenvalue weighted by Crippen LogP contribution is 1.81. The van der Waals surface area contributed by atoms with Gasteiger partial charge in [-0.1, -0.05) is 6.07 Å². The van der Waals surface area contributed by atoms with Crippen LogP contribution in [0.15, 0.2) is 23.0 Å². The van der Waals surface area contributed by atoms with Crippen molar-refractivity contribution < 1.29 is 8.42 Å². The molecule has 5 heteroatoms. The van der Waals surface area contributed by atoms with Crippen molar-refractivity contribution in [2.24, 2.45) is 0 Å². The van der Waals surface area contributed by atoms with Crippen LogP contribution >= 0.6 is 0 Å². The fourth-order valence-corrected chi connectivity index (χ4v) is 0.982. The second-order valence-electron chi connectivity index (χ2n) is 1.85. The molecular formula is C6H5NO3S. The average Bonchev–Trinajstić information content (AvgIpc) is 1.85. The number of aromatic nitrogens is 1. The zero-order valence-corrected chi connectivity index (χ0v) is 6.26. The molecule has 1 heterocycles. The Bertz CT molecular complexity index is 421. The largest absolute Gasteiger partial charge is 0.322 e. The van der Waals surface area contributed by atoms with E-state index in [0.29, 0.717) is 0 Å². The normalized spacial score (nSPS) is 9.09. The van der Waals surface area contributed by atoms with Gasteiger partial charge in [0, 0.05) is 6.07 Å². The minimum Gasteiger partial charge on any atom is -0.322 e. The SMILES string of the molecule is O=c1cccc(C=S(=O)=O)[nH]1. The first-order valence-electron chi connectivity index (χ1n) is 2.81. The maximum Gasteiger partial charge on any atom is 0.248 e. The molecule has 1 aromatic rings. The van der Waals surface area contributed by atoms with Crippen LogP contribution in [0, 0.1) is 0 Å². The van der Waals surface area contributed by atoms with Crippen molar-refractivity contribution >= 4 is 15.7 Å². The van der Waals surface area contributed by atoms with E-state index in [-0.39, 0.29) is 11.3 Å². The molecule has 1 N–H and O–H groups in total. The molecule has 11 heavy (non-hydrogen) atoms. The number of H-pyrrole nitrogens is 1. The van der Waals surface area contributed by atoms with Crippen LogP contribution < -0.4 is 5.56 Å². The monoisotopic (exact) mass is 171 g/mol. The fourth-order valence-electron chi connectivity index (χ4n) is 0.637. The van der Waals surface area contributed by atoms with Gasteiger partial charge in [0.2, 0.25) is 15.9 Å². The van der Waals surface area contributed by atoms with Crippen molar-refractivity contribution in [1.82, 2.24) is 4.98 Å². The minimum atomic E-state index is -2.27. The van der Waals surface area contributed by atoms with Crippen molar-refractivity contribution in [2.45, 2.75) is 0 Å². The lowest BCUT2D eigenvalue weighted by atomic mass is 10.4. The summed E-state index contributed by atoms with van der Waals surface area (Å²) in [4.78, 5) is 12.9. The quantitative estimate of drug-likeness (QED) is 0.574. The third-order valence-corrected chi connectivity index (χ3v) is 1.46. The summed E-state index contributed by atoms with van der Waals surface area (Å²) in [6.07, 6.45) is 0. The van der Waals surface area contributed by atoms with Gasteiger partial charge in [0.25, 0.3) is 0 Å². The molecule has 4 nitrogen and oxygen atoms in total. The predicted octanol–water partition coefficient (Wildman–Crippen LogP) is -0.596. The number of hydrogen-bond donors (Lipinski definition) is 1. The standard InChI is InChI=1S/C6H5NO3S/c8-6-3-1-2-5(7-6)4-11(9)10/h1-4H,(H,7,8). The van der Waals surface area contributed by atoms with Crippen LogP contribution in [0.3, 0.4) is 0 Å². The molecule has 0 aliphatic rings. The van der Waals surface area contributed by atoms with Crippen LogP contribution in [0.2, 0.25) is 0 Å². The average molecular weight is 171 g/mol. The maximum atomic E-state index is 10.6. The third kappa shape index (κ3) is 2.38. The van der Waals surface area contributed by atoms with E-state index < -0.39 is 10.3 Å². The highest BCUT2D eigenvalue weighted by Gasteiger charge is 1.86. The Morgan fingerprint density at radius 3 is 2.64 bits per heavy atom. The van der Waals surface area contributed by atoms with E-state index in [9.17, 15) is 13.2 Å². The highest BCUT2D eigenvalue weighted by atomic mass is 32.2. The van der Waals surface area contributed by atoms with Gasteiger partial charge in [-0.15, -0.1) is 0 Å². The Morgan fingerprint density at radius 1 is 1.36 bits per heavy atom. The Morgan fingerprint density at radius 2 is 2.09 bits per heavy atom. The van der Waals surface area contributed by atoms with Gasteiger partial charge in [-0.25, -0.2) is 0 Å². The summed E-state index contributed by atoms with van der Waals surface area (Å²) >= 11 is 0. The molecule has 0 radical (unpaired) electrons. The first-order chi connectivity index (χ1) is 5.18. The molecule has 1 rings (SSSR count). The van der Waals surface area contributed by atoms with Crippen molar-refractivity contribution in [1.29, 1.82) is 0 Å². The molecule has 0 aliphatic heterocycles. The smallest absolute Gasteiger partial charge is 0.248 e. The molecule has 58 valence electrons. The van der Waals surface area contributed by atoms with Crippen LogP contribution in [0.5, 0.6) is 0 Å². The van der Waals surface area contributed by atoms with Gasteiger partial charge < -0.3 is 4.98 Å². The van der Waals surface area contributed by atoms with Gasteiger partial charge in [-0.2, -0.15) is 8.42 Å². The lowest BCUT2D eigenvalue weighted by Crippen LogP contribution is -2.05. The van der Waals surface area contributed by atoms with Crippen molar-refractivity contribution in [2.75, 3.05) is 0 Å². The van der Waals surface area contributed by atoms with E-state index in [1.807, 2.05) is 0 Å². The number of pyridine rings is 1. The summed E-state index contributed by atoms with van der Waals surface area (Å²) in [6, 6.07) is 4.29. The number of rotatable bonds is 1. The minimum absolute atomic E-state index is 0.283. The summed E-state index contributed by atoms with van der Waals surface area (Å²) < 4.78 is 20.2. The van der Waals surface area contributed by atoms with Gasteiger partial charge in [0.15, 0.2) is 0 Å². The molecule has 0 aromatic carbocycles. The first-order valence-corrected chi connectivity index (χ1v) is 3.94. The van der Waals surface area contributed by atoms with Gasteiger partial charge in [0.05, 0.1) is 11.1 Å². The Labute approximate surface area is 64.0 Å². The lowest BCUT2D eigenvalue weighted by Gasteiger charge is -1.85. The molecular weight excluding hydrogens is 166 g/mol. The van der Waals surface area contributed by atoms with Gasteiger partial charge >= 0.3 is 0 Å². The Hall–Kier alpha value is -1.36. The van der Waals surface area contributed by atoms with E-state index in [0.717, 1.165) is 5.37 Å². The molecule has 0 bridgehead atoms. The second kappa shape index (κ2) is 3.16. The van der Waals surface area contributed by atoms with Gasteiger partial charge in [-0.3, -0.25) is 4.79 Å². The van der Waals surface area contributed by atoms with E-state index >= 15 is 0 Å². The second-order valence-corrected chi connectivity index (χ2v) is 2.61. The summed E-state index contributed by atoms with van der Waals surface area (Å²) in [7, 11) is -2.27. The fraction of sp³-hybridized carbons (Fsp3) is 0. The molecule has 0 amide bonds. The Kier molecular flexibility index (Phi) is 2.22. The summed E-state index contributed by atoms with van der Waals surface area (Å²) in [5, 5.41) is 0.932. The molecule has 0 atom stereocenters. The predicted molar refractivity (Wildman–Crippen MR) is 41.1 cm³/mol. The van der Waals surface area contributed by atoms with Crippen LogP contribution in [0.4, 0.5) is 0 Å². The first kappa shape index (κ1) is 7.74. The van der Waals surface area contributed by atoms with E-state index in [4.69, 9.17) is 0 Å². The van der Waals surface area contributed by atoms with Crippen LogP contribution in [0.1, 0.15) is 5.69 Å². The van der Waals surface area contributed by atoms with Gasteiger partial charge in [-0.05, 0) is 6.07 Å². The van der Waals surface area contributed by atoms with Crippen molar-refractivity contribution in [3.63, 3.8) is 0 Å². The van der Waals surface area contributed by atoms with Crippen molar-refractivity contribution in [3.8, 4) is 0 Å². The molecule has 1 aromatic heterocycles. The van der Waals surface area contributed by atoms with E-state index in [1.54, 1.807) is 0 Å². The van der Waals surface area contributed by atoms with Crippen LogP contribution in [-0.4, -0.2) is 18.8 Å². The summed E-state index contributed by atoms with van der Waals surface area (Å²) in [6.45, 7) is 0. The number of hydrogen-bond acceptors (Lipinski definition) is 3. The number of nitrogens with one attached hydrogen (secondary N) is 1. The molecule has 0 unspecified atom stereocenters. The maximum absolute atomic E-state index is 10.6. The molecule has 0 aliphatic carbocycles. The Balaban J connectivity index is 3.28. The summed E-state index contributed by atoms with van der Waals surface area (Å²) in [5.41, 5.74) is -0.0324. The van der Waals surface area contributed by atoms with Crippen LogP contribution in [-0.2, 0) is 10.3 Å².